The molecular weight excluding hydrogens is 788 g/mol. The van der Waals surface area contributed by atoms with Crippen LogP contribution in [0.5, 0.6) is 0 Å². The van der Waals surface area contributed by atoms with E-state index in [4.69, 9.17) is 4.84 Å². The van der Waals surface area contributed by atoms with Gasteiger partial charge in [-0.15, -0.1) is 0 Å². The van der Waals surface area contributed by atoms with Gasteiger partial charge < -0.3 is 20.6 Å². The lowest BCUT2D eigenvalue weighted by atomic mass is 9.77. The number of thioether (sulfide) groups is 1. The van der Waals surface area contributed by atoms with Crippen LogP contribution in [0.1, 0.15) is 33.1 Å². The Morgan fingerprint density at radius 3 is 2.18 bits per heavy atom. The van der Waals surface area contributed by atoms with Gasteiger partial charge in [-0.25, -0.2) is 13.8 Å². The zero-order valence-corrected chi connectivity index (χ0v) is 33.0. The number of thiazole rings is 1. The largest absolute Gasteiger partial charge is 0.477 e. The molecule has 0 aliphatic carbocycles. The normalized spacial score (nSPS) is 18.5. The lowest BCUT2D eigenvalue weighted by molar-refractivity contribution is -0.670. The molecule has 2 aliphatic heterocycles. The molecule has 0 spiro atoms. The van der Waals surface area contributed by atoms with Gasteiger partial charge in [-0.3, -0.25) is 14.5 Å². The summed E-state index contributed by atoms with van der Waals surface area (Å²) >= 11 is 3.20. The van der Waals surface area contributed by atoms with Gasteiger partial charge in [0.25, 0.3) is 11.8 Å². The van der Waals surface area contributed by atoms with E-state index < -0.39 is 45.9 Å². The molecule has 8 rings (SSSR count). The number of aliphatic carboxylic acids is 1. The molecule has 0 saturated carbocycles. The molecule has 2 aliphatic rings. The maximum Gasteiger partial charge on any atom is 0.353 e. The second-order valence-corrected chi connectivity index (χ2v) is 16.1. The number of halogens is 1. The average Bonchev–Trinajstić information content (AvgIpc) is 3.92. The molecule has 2 amide bonds. The molecule has 5 heterocycles. The van der Waals surface area contributed by atoms with Gasteiger partial charge in [-0.2, -0.15) is 13.8 Å². The molecule has 3 aromatic heterocycles. The van der Waals surface area contributed by atoms with Gasteiger partial charge in [0.2, 0.25) is 27.8 Å². The third kappa shape index (κ3) is 6.76. The second-order valence-electron chi connectivity index (χ2n) is 13.1. The SMILES string of the molecule is CON=C(C(=O)N[C@@H]1C(=O)N2C(C(=O)O)=C(C=Cc3sc4c[n+](C)cn4c3C)C(F)S[C@H]12)c1nsc(NC(c2ccccc2)(c2ccccc2)c2ccccc2)n1. The number of carboxylic acids is 1. The number of oxime groups is 1. The number of anilines is 1. The van der Waals surface area contributed by atoms with Crippen LogP contribution in [0.4, 0.5) is 9.52 Å². The summed E-state index contributed by atoms with van der Waals surface area (Å²) in [5.41, 5.74) is -0.0159. The summed E-state index contributed by atoms with van der Waals surface area (Å²) in [4.78, 5) is 52.4. The van der Waals surface area contributed by atoms with Crippen molar-refractivity contribution in [1.82, 2.24) is 24.0 Å². The number of carbonyl (C=O) groups excluding carboxylic acids is 2. The molecule has 1 unspecified atom stereocenters. The van der Waals surface area contributed by atoms with Crippen molar-refractivity contribution in [1.29, 1.82) is 0 Å². The summed E-state index contributed by atoms with van der Waals surface area (Å²) in [5.74, 6) is -3.12. The van der Waals surface area contributed by atoms with E-state index in [9.17, 15) is 19.5 Å². The highest BCUT2D eigenvalue weighted by molar-refractivity contribution is 8.00. The van der Waals surface area contributed by atoms with Gasteiger partial charge in [-0.05, 0) is 29.7 Å². The molecule has 17 heteroatoms. The fraction of sp³-hybridized carbons (Fsp3) is 0.175. The number of hydrogen-bond acceptors (Lipinski definition) is 11. The van der Waals surface area contributed by atoms with Gasteiger partial charge in [-0.1, -0.05) is 125 Å². The first kappa shape index (κ1) is 37.7. The van der Waals surface area contributed by atoms with Crippen molar-refractivity contribution >= 4 is 74.2 Å². The highest BCUT2D eigenvalue weighted by Crippen LogP contribution is 2.46. The smallest absolute Gasteiger partial charge is 0.353 e. The third-order valence-electron chi connectivity index (χ3n) is 9.70. The first-order valence-corrected chi connectivity index (χ1v) is 20.1. The van der Waals surface area contributed by atoms with E-state index in [0.29, 0.717) is 5.13 Å². The quantitative estimate of drug-likeness (QED) is 0.0479. The van der Waals surface area contributed by atoms with Gasteiger partial charge in [0.05, 0.1) is 11.9 Å². The number of rotatable bonds is 12. The number of carbonyl (C=O) groups is 3. The summed E-state index contributed by atoms with van der Waals surface area (Å²) in [6.45, 7) is 1.91. The zero-order chi connectivity index (χ0) is 39.8. The van der Waals surface area contributed by atoms with E-state index in [1.54, 1.807) is 6.08 Å². The summed E-state index contributed by atoms with van der Waals surface area (Å²) in [5, 5.41) is 19.6. The van der Waals surface area contributed by atoms with E-state index in [-0.39, 0.29) is 17.1 Å². The van der Waals surface area contributed by atoms with Gasteiger partial charge in [0, 0.05) is 17.1 Å². The number of aryl methyl sites for hydroxylation is 2. The van der Waals surface area contributed by atoms with E-state index in [1.165, 1.54) is 24.5 Å². The highest BCUT2D eigenvalue weighted by atomic mass is 32.2. The lowest BCUT2D eigenvalue weighted by Crippen LogP contribution is -2.71. The van der Waals surface area contributed by atoms with Crippen molar-refractivity contribution in [3.63, 3.8) is 0 Å². The number of carboxylic acid groups (broad SMARTS) is 1. The average molecular weight is 822 g/mol. The van der Waals surface area contributed by atoms with Crippen LogP contribution >= 0.6 is 34.6 Å². The second kappa shape index (κ2) is 15.4. The molecule has 13 nitrogen and oxygen atoms in total. The predicted octanol–water partition coefficient (Wildman–Crippen LogP) is 5.49. The Morgan fingerprint density at radius 2 is 1.61 bits per heavy atom. The maximum atomic E-state index is 15.9. The van der Waals surface area contributed by atoms with E-state index in [2.05, 4.69) is 25.1 Å². The van der Waals surface area contributed by atoms with Crippen molar-refractivity contribution in [3.05, 3.63) is 154 Å². The molecule has 3 atom stereocenters. The first-order chi connectivity index (χ1) is 27.6. The number of β-lactam (4-membered cyclic amide) rings is 1. The summed E-state index contributed by atoms with van der Waals surface area (Å²) in [7, 11) is 3.16. The summed E-state index contributed by atoms with van der Waals surface area (Å²) in [6.07, 6.45) is 6.91. The number of allylic oxidation sites excluding steroid dienone is 1. The lowest BCUT2D eigenvalue weighted by Gasteiger charge is -2.49. The molecule has 1 saturated heterocycles. The van der Waals surface area contributed by atoms with Crippen molar-refractivity contribution in [3.8, 4) is 0 Å². The Labute approximate surface area is 338 Å². The van der Waals surface area contributed by atoms with E-state index in [0.717, 1.165) is 60.3 Å². The van der Waals surface area contributed by atoms with Crippen LogP contribution in [0.2, 0.25) is 0 Å². The number of fused-ring (bicyclic) bond motifs is 2. The number of nitrogens with one attached hydrogen (secondary N) is 2. The molecule has 288 valence electrons. The minimum absolute atomic E-state index is 0.0818. The predicted molar refractivity (Wildman–Crippen MR) is 216 cm³/mol. The number of imidazole rings is 1. The topological polar surface area (TPSA) is 154 Å². The van der Waals surface area contributed by atoms with Crippen LogP contribution in [0.25, 0.3) is 10.9 Å². The molecule has 6 aromatic rings. The van der Waals surface area contributed by atoms with E-state index in [1.807, 2.05) is 126 Å². The summed E-state index contributed by atoms with van der Waals surface area (Å²) in [6, 6.07) is 28.4. The molecule has 57 heavy (non-hydrogen) atoms. The zero-order valence-electron chi connectivity index (χ0n) is 30.6. The van der Waals surface area contributed by atoms with Crippen LogP contribution in [0, 0.1) is 6.92 Å². The molecule has 1 fully saturated rings. The number of hydrogen-bond donors (Lipinski definition) is 3. The van der Waals surface area contributed by atoms with E-state index >= 15 is 4.39 Å². The minimum Gasteiger partial charge on any atom is -0.477 e. The van der Waals surface area contributed by atoms with Gasteiger partial charge in [0.1, 0.15) is 41.7 Å². The van der Waals surface area contributed by atoms with Crippen molar-refractivity contribution in [2.75, 3.05) is 12.4 Å². The Morgan fingerprint density at radius 1 is 1.00 bits per heavy atom. The third-order valence-corrected chi connectivity index (χ3v) is 12.7. The fourth-order valence-electron chi connectivity index (χ4n) is 7.06. The number of nitrogens with zero attached hydrogens (tertiary/aromatic N) is 6. The molecular formula is C40H34FN8O5S3+. The Bertz CT molecular complexity index is 2490. The molecule has 3 aromatic carbocycles. The minimum atomic E-state index is -1.80. The highest BCUT2D eigenvalue weighted by Gasteiger charge is 2.56. The number of alkyl halides is 1. The van der Waals surface area contributed by atoms with Crippen molar-refractivity contribution in [2.45, 2.75) is 29.4 Å². The Balaban J connectivity index is 1.05. The van der Waals surface area contributed by atoms with Gasteiger partial charge in [0.15, 0.2) is 5.50 Å². The first-order valence-electron chi connectivity index (χ1n) is 17.6. The Kier molecular flexibility index (Phi) is 10.2. The monoisotopic (exact) mass is 821 g/mol. The van der Waals surface area contributed by atoms with Crippen LogP contribution in [0.15, 0.2) is 126 Å². The Hall–Kier alpha value is -6.17. The van der Waals surface area contributed by atoms with Crippen LogP contribution in [0.3, 0.4) is 0 Å². The summed E-state index contributed by atoms with van der Waals surface area (Å²) < 4.78 is 24.2. The maximum absolute atomic E-state index is 15.9. The molecule has 3 N–H and O–H groups in total. The molecule has 0 radical (unpaired) electrons. The van der Waals surface area contributed by atoms with Crippen molar-refractivity contribution < 1.29 is 33.3 Å². The van der Waals surface area contributed by atoms with Crippen LogP contribution in [-0.4, -0.2) is 71.3 Å². The van der Waals surface area contributed by atoms with Gasteiger partial charge >= 0.3 is 5.97 Å². The van der Waals surface area contributed by atoms with Crippen molar-refractivity contribution in [2.24, 2.45) is 12.2 Å². The van der Waals surface area contributed by atoms with Crippen LogP contribution in [-0.2, 0) is 31.8 Å². The fourth-order valence-corrected chi connectivity index (χ4v) is 10.0. The number of aromatic nitrogens is 4. The standard InChI is InChI=1S/C40H33FN8O5S3/c1-23-28(55-29-21-47(2)22-48(23)29)20-19-27-32(38(52)53)49-36(51)31(37(49)56-33(27)41)42-35(50)30(45-54-3)34-43-39(57-46-34)44-40(24-13-7-4-8-14-24,25-15-9-5-10-16-25)26-17-11-6-12-18-26/h4-22,31,33,37H,1-3H3,(H2-,42,43,44,46,50,52,53)/p+1/t31-,33?,37-/m1/s1. The number of amides is 2. The number of benzene rings is 3. The molecule has 0 bridgehead atoms. The van der Waals surface area contributed by atoms with Crippen LogP contribution < -0.4 is 15.2 Å².